The molecule has 23 heavy (non-hydrogen) atoms. The minimum absolute atomic E-state index is 0.178. The molecule has 2 aliphatic heterocycles. The number of carbonyl (C=O) groups excluding carboxylic acids is 2. The van der Waals surface area contributed by atoms with Crippen LogP contribution in [0.5, 0.6) is 0 Å². The fourth-order valence-electron chi connectivity index (χ4n) is 3.54. The molecule has 1 unspecified atom stereocenters. The van der Waals surface area contributed by atoms with Crippen molar-refractivity contribution < 1.29 is 9.59 Å². The average molecular weight is 312 g/mol. The number of hydrogen-bond donors (Lipinski definition) is 2. The first-order valence-corrected chi connectivity index (χ1v) is 8.24. The Labute approximate surface area is 134 Å². The number of rotatable bonds is 2. The number of piperidine rings is 2. The number of fused-ring (bicyclic) bond motifs is 1. The molecule has 1 aromatic heterocycles. The zero-order valence-electron chi connectivity index (χ0n) is 12.9. The molecule has 0 saturated carbocycles. The van der Waals surface area contributed by atoms with Crippen molar-refractivity contribution in [2.24, 2.45) is 0 Å². The maximum atomic E-state index is 12.0. The van der Waals surface area contributed by atoms with Crippen LogP contribution >= 0.6 is 0 Å². The normalized spacial score (nSPS) is 23.2. The third-order valence-corrected chi connectivity index (χ3v) is 4.87. The van der Waals surface area contributed by atoms with Gasteiger partial charge < -0.3 is 5.32 Å². The molecule has 1 atom stereocenters. The second-order valence-electron chi connectivity index (χ2n) is 6.41. The van der Waals surface area contributed by atoms with E-state index in [-0.39, 0.29) is 17.7 Å². The van der Waals surface area contributed by atoms with Crippen LogP contribution in [0.15, 0.2) is 24.4 Å². The summed E-state index contributed by atoms with van der Waals surface area (Å²) in [6.07, 6.45) is 5.25. The molecular formula is C17H20N4O2. The highest BCUT2D eigenvalue weighted by molar-refractivity contribution is 6.01. The molecular weight excluding hydrogens is 292 g/mol. The molecule has 2 N–H and O–H groups in total. The highest BCUT2D eigenvalue weighted by Gasteiger charge is 2.28. The van der Waals surface area contributed by atoms with Crippen molar-refractivity contribution in [3.63, 3.8) is 0 Å². The lowest BCUT2D eigenvalue weighted by atomic mass is 9.90. The van der Waals surface area contributed by atoms with Crippen LogP contribution in [0.25, 0.3) is 10.9 Å². The average Bonchev–Trinajstić information content (AvgIpc) is 2.99. The van der Waals surface area contributed by atoms with Gasteiger partial charge in [0.05, 0.1) is 17.5 Å². The van der Waals surface area contributed by atoms with E-state index in [2.05, 4.69) is 21.5 Å². The summed E-state index contributed by atoms with van der Waals surface area (Å²) in [5.74, 6) is -0.623. The molecule has 0 bridgehead atoms. The van der Waals surface area contributed by atoms with Crippen LogP contribution in [0, 0.1) is 0 Å². The fourth-order valence-corrected chi connectivity index (χ4v) is 3.54. The first-order valence-electron chi connectivity index (χ1n) is 8.24. The maximum Gasteiger partial charge on any atom is 0.234 e. The van der Waals surface area contributed by atoms with Gasteiger partial charge in [0.2, 0.25) is 11.8 Å². The monoisotopic (exact) mass is 312 g/mol. The third kappa shape index (κ3) is 2.74. The molecule has 2 fully saturated rings. The maximum absolute atomic E-state index is 12.0. The van der Waals surface area contributed by atoms with Crippen molar-refractivity contribution in [1.82, 2.24) is 20.4 Å². The summed E-state index contributed by atoms with van der Waals surface area (Å²) in [5, 5.41) is 11.6. The van der Waals surface area contributed by atoms with Gasteiger partial charge in [-0.1, -0.05) is 12.1 Å². The van der Waals surface area contributed by atoms with Crippen LogP contribution in [0.2, 0.25) is 0 Å². The van der Waals surface area contributed by atoms with Gasteiger partial charge >= 0.3 is 0 Å². The standard InChI is InChI=1S/C17H20N4O2/c22-16-4-3-14(17(23)19-16)11-1-2-12-10-21(20-15(12)9-11)13-5-7-18-8-6-13/h1-2,9-10,13-14,18H,3-8H2,(H,19,22,23). The molecule has 0 radical (unpaired) electrons. The van der Waals surface area contributed by atoms with Crippen molar-refractivity contribution in [1.29, 1.82) is 0 Å². The molecule has 2 amide bonds. The smallest absolute Gasteiger partial charge is 0.234 e. The molecule has 6 heteroatoms. The first-order chi connectivity index (χ1) is 11.2. The van der Waals surface area contributed by atoms with Crippen LogP contribution in [-0.4, -0.2) is 34.7 Å². The van der Waals surface area contributed by atoms with Crippen molar-refractivity contribution >= 4 is 22.7 Å². The Bertz CT molecular complexity index is 761. The second-order valence-corrected chi connectivity index (χ2v) is 6.41. The van der Waals surface area contributed by atoms with Crippen molar-refractivity contribution in [2.75, 3.05) is 13.1 Å². The molecule has 2 saturated heterocycles. The molecule has 6 nitrogen and oxygen atoms in total. The predicted octanol–water partition coefficient (Wildman–Crippen LogP) is 1.48. The molecule has 1 aromatic carbocycles. The highest BCUT2D eigenvalue weighted by Crippen LogP contribution is 2.28. The van der Waals surface area contributed by atoms with Gasteiger partial charge in [-0.2, -0.15) is 5.10 Å². The van der Waals surface area contributed by atoms with Crippen LogP contribution in [0.4, 0.5) is 0 Å². The van der Waals surface area contributed by atoms with Gasteiger partial charge in [0.25, 0.3) is 0 Å². The van der Waals surface area contributed by atoms with Gasteiger partial charge in [0.1, 0.15) is 0 Å². The van der Waals surface area contributed by atoms with Gasteiger partial charge in [-0.25, -0.2) is 0 Å². The van der Waals surface area contributed by atoms with Gasteiger partial charge in [-0.15, -0.1) is 0 Å². The van der Waals surface area contributed by atoms with Gasteiger partial charge in [-0.05, 0) is 44.0 Å². The summed E-state index contributed by atoms with van der Waals surface area (Å²) in [5.41, 5.74) is 1.86. The van der Waals surface area contributed by atoms with Crippen molar-refractivity contribution in [2.45, 2.75) is 37.6 Å². The zero-order valence-corrected chi connectivity index (χ0v) is 12.9. The topological polar surface area (TPSA) is 76.0 Å². The summed E-state index contributed by atoms with van der Waals surface area (Å²) in [4.78, 5) is 23.3. The van der Waals surface area contributed by atoms with Crippen molar-refractivity contribution in [3.05, 3.63) is 30.0 Å². The Morgan fingerprint density at radius 3 is 2.74 bits per heavy atom. The molecule has 2 aromatic rings. The molecule has 4 rings (SSSR count). The lowest BCUT2D eigenvalue weighted by Crippen LogP contribution is -2.39. The summed E-state index contributed by atoms with van der Waals surface area (Å²) < 4.78 is 2.07. The molecule has 0 aliphatic carbocycles. The van der Waals surface area contributed by atoms with E-state index in [0.29, 0.717) is 18.9 Å². The third-order valence-electron chi connectivity index (χ3n) is 4.87. The SMILES string of the molecule is O=C1CCC(c2ccc3cn(C4CCNCC4)nc3c2)C(=O)N1. The van der Waals surface area contributed by atoms with E-state index in [1.807, 2.05) is 18.2 Å². The molecule has 3 heterocycles. The van der Waals surface area contributed by atoms with E-state index in [9.17, 15) is 9.59 Å². The van der Waals surface area contributed by atoms with Gasteiger partial charge in [0, 0.05) is 18.0 Å². The zero-order chi connectivity index (χ0) is 15.8. The van der Waals surface area contributed by atoms with E-state index >= 15 is 0 Å². The lowest BCUT2D eigenvalue weighted by Gasteiger charge is -2.22. The number of hydrogen-bond acceptors (Lipinski definition) is 4. The molecule has 0 spiro atoms. The Morgan fingerprint density at radius 1 is 1.13 bits per heavy atom. The number of imide groups is 1. The molecule has 2 aliphatic rings. The van der Waals surface area contributed by atoms with Gasteiger partial charge in [0.15, 0.2) is 0 Å². The first kappa shape index (κ1) is 14.4. The summed E-state index contributed by atoms with van der Waals surface area (Å²) >= 11 is 0. The largest absolute Gasteiger partial charge is 0.317 e. The number of amides is 2. The van der Waals surface area contributed by atoms with Crippen molar-refractivity contribution in [3.8, 4) is 0 Å². The van der Waals surface area contributed by atoms with Crippen LogP contribution in [-0.2, 0) is 9.59 Å². The Morgan fingerprint density at radius 2 is 1.96 bits per heavy atom. The predicted molar refractivity (Wildman–Crippen MR) is 86.0 cm³/mol. The number of nitrogens with zero attached hydrogens (tertiary/aromatic N) is 2. The highest BCUT2D eigenvalue weighted by atomic mass is 16.2. The Kier molecular flexibility index (Phi) is 3.61. The van der Waals surface area contributed by atoms with Crippen LogP contribution in [0.1, 0.15) is 43.2 Å². The lowest BCUT2D eigenvalue weighted by molar-refractivity contribution is -0.134. The second kappa shape index (κ2) is 5.77. The van der Waals surface area contributed by atoms with Crippen LogP contribution in [0.3, 0.4) is 0 Å². The number of carbonyl (C=O) groups is 2. The quantitative estimate of drug-likeness (QED) is 0.824. The Hall–Kier alpha value is -2.21. The number of benzene rings is 1. The van der Waals surface area contributed by atoms with E-state index in [0.717, 1.165) is 42.4 Å². The molecule has 120 valence electrons. The fraction of sp³-hybridized carbons (Fsp3) is 0.471. The summed E-state index contributed by atoms with van der Waals surface area (Å²) in [6.45, 7) is 2.06. The van der Waals surface area contributed by atoms with E-state index in [4.69, 9.17) is 5.10 Å². The minimum Gasteiger partial charge on any atom is -0.317 e. The van der Waals surface area contributed by atoms with Crippen LogP contribution < -0.4 is 10.6 Å². The number of nitrogens with one attached hydrogen (secondary N) is 2. The van der Waals surface area contributed by atoms with E-state index in [1.54, 1.807) is 0 Å². The minimum atomic E-state index is -0.249. The summed E-state index contributed by atoms with van der Waals surface area (Å²) in [6, 6.07) is 6.45. The number of aromatic nitrogens is 2. The van der Waals surface area contributed by atoms with Gasteiger partial charge in [-0.3, -0.25) is 19.6 Å². The summed E-state index contributed by atoms with van der Waals surface area (Å²) in [7, 11) is 0. The van der Waals surface area contributed by atoms with E-state index < -0.39 is 0 Å². The van der Waals surface area contributed by atoms with E-state index in [1.165, 1.54) is 0 Å². The Balaban J connectivity index is 1.62.